The summed E-state index contributed by atoms with van der Waals surface area (Å²) in [4.78, 5) is 28.8. The van der Waals surface area contributed by atoms with E-state index < -0.39 is 10.0 Å². The first-order valence-electron chi connectivity index (χ1n) is 10.0. The molecule has 0 saturated heterocycles. The number of nitrogens with zero attached hydrogens (tertiary/aromatic N) is 2. The van der Waals surface area contributed by atoms with Crippen molar-refractivity contribution in [3.63, 3.8) is 0 Å². The van der Waals surface area contributed by atoms with Crippen LogP contribution < -0.4 is 15.4 Å². The molecule has 0 saturated carbocycles. The molecule has 3 aromatic rings. The van der Waals surface area contributed by atoms with Crippen molar-refractivity contribution in [2.24, 2.45) is 0 Å². The van der Waals surface area contributed by atoms with Gasteiger partial charge in [-0.25, -0.2) is 18.1 Å². The number of amides is 2. The van der Waals surface area contributed by atoms with Gasteiger partial charge in [-0.2, -0.15) is 0 Å². The molecule has 0 aliphatic heterocycles. The Labute approximate surface area is 186 Å². The number of anilines is 2. The third kappa shape index (κ3) is 6.50. The lowest BCUT2D eigenvalue weighted by Crippen LogP contribution is -2.30. The molecule has 0 aliphatic carbocycles. The average Bonchev–Trinajstić information content (AvgIpc) is 3.26. The fourth-order valence-electron chi connectivity index (χ4n) is 2.91. The van der Waals surface area contributed by atoms with Gasteiger partial charge in [-0.3, -0.25) is 9.59 Å². The molecule has 0 fully saturated rings. The summed E-state index contributed by atoms with van der Waals surface area (Å²) in [5, 5.41) is 5.50. The van der Waals surface area contributed by atoms with Crippen molar-refractivity contribution >= 4 is 33.2 Å². The number of hydrogen-bond donors (Lipinski definition) is 3. The highest BCUT2D eigenvalue weighted by atomic mass is 32.2. The van der Waals surface area contributed by atoms with Crippen LogP contribution in [0.5, 0.6) is 0 Å². The van der Waals surface area contributed by atoms with Gasteiger partial charge in [0.2, 0.25) is 15.9 Å². The van der Waals surface area contributed by atoms with Crippen LogP contribution >= 0.6 is 0 Å². The minimum atomic E-state index is -3.60. The molecule has 2 aromatic carbocycles. The number of carbonyl (C=O) groups excluding carboxylic acids is 2. The summed E-state index contributed by atoms with van der Waals surface area (Å²) in [6.45, 7) is 3.98. The maximum atomic E-state index is 12.6. The van der Waals surface area contributed by atoms with Gasteiger partial charge in [0.25, 0.3) is 5.91 Å². The first-order valence-corrected chi connectivity index (χ1v) is 11.5. The zero-order chi connectivity index (χ0) is 23.1. The van der Waals surface area contributed by atoms with Gasteiger partial charge in [0.1, 0.15) is 0 Å². The van der Waals surface area contributed by atoms with Crippen molar-refractivity contribution in [2.45, 2.75) is 37.8 Å². The normalized spacial score (nSPS) is 11.3. The van der Waals surface area contributed by atoms with Crippen molar-refractivity contribution in [3.05, 3.63) is 72.8 Å². The van der Waals surface area contributed by atoms with Crippen molar-refractivity contribution < 1.29 is 18.0 Å². The van der Waals surface area contributed by atoms with E-state index in [0.717, 1.165) is 0 Å². The van der Waals surface area contributed by atoms with E-state index in [-0.39, 0.29) is 29.2 Å². The van der Waals surface area contributed by atoms with Crippen LogP contribution in [0.4, 0.5) is 11.4 Å². The first kappa shape index (κ1) is 23.2. The predicted octanol–water partition coefficient (Wildman–Crippen LogP) is 2.85. The summed E-state index contributed by atoms with van der Waals surface area (Å²) in [7, 11) is -3.60. The quantitative estimate of drug-likeness (QED) is 0.458. The second-order valence-electron chi connectivity index (χ2n) is 7.43. The van der Waals surface area contributed by atoms with E-state index in [4.69, 9.17) is 0 Å². The van der Waals surface area contributed by atoms with Crippen LogP contribution in [-0.4, -0.2) is 35.8 Å². The highest BCUT2D eigenvalue weighted by Gasteiger charge is 2.15. The van der Waals surface area contributed by atoms with Crippen LogP contribution in [0.3, 0.4) is 0 Å². The zero-order valence-corrected chi connectivity index (χ0v) is 18.6. The second kappa shape index (κ2) is 10.2. The van der Waals surface area contributed by atoms with Gasteiger partial charge in [-0.15, -0.1) is 0 Å². The van der Waals surface area contributed by atoms with Crippen LogP contribution in [-0.2, 0) is 21.4 Å². The molecule has 168 valence electrons. The van der Waals surface area contributed by atoms with Crippen molar-refractivity contribution in [1.29, 1.82) is 0 Å². The summed E-state index contributed by atoms with van der Waals surface area (Å²) in [5.74, 6) is -0.557. The fraction of sp³-hybridized carbons (Fsp3) is 0.227. The maximum Gasteiger partial charge on any atom is 0.255 e. The van der Waals surface area contributed by atoms with E-state index in [1.807, 2.05) is 0 Å². The summed E-state index contributed by atoms with van der Waals surface area (Å²) < 4.78 is 28.7. The molecule has 0 bridgehead atoms. The molecule has 10 heteroatoms. The molecule has 0 aliphatic rings. The van der Waals surface area contributed by atoms with Gasteiger partial charge in [0.15, 0.2) is 0 Å². The third-order valence-corrected chi connectivity index (χ3v) is 6.05. The summed E-state index contributed by atoms with van der Waals surface area (Å²) in [6, 6.07) is 12.3. The Morgan fingerprint density at radius 1 is 1.03 bits per heavy atom. The van der Waals surface area contributed by atoms with Crippen molar-refractivity contribution in [1.82, 2.24) is 14.3 Å². The highest BCUT2D eigenvalue weighted by molar-refractivity contribution is 7.89. The number of aromatic nitrogens is 2. The standard InChI is InChI=1S/C22H25N5O4S/c1-16(2)26-32(30,31)20-8-6-18(7-9-20)25-22(29)17-4-3-5-19(14-17)24-21(28)10-12-27-13-11-23-15-27/h3-9,11,13-16,26H,10,12H2,1-2H3,(H,24,28)(H,25,29). The van der Waals surface area contributed by atoms with E-state index in [9.17, 15) is 18.0 Å². The molecule has 3 rings (SSSR count). The second-order valence-corrected chi connectivity index (χ2v) is 9.15. The number of sulfonamides is 1. The van der Waals surface area contributed by atoms with Crippen LogP contribution in [0.25, 0.3) is 0 Å². The first-order chi connectivity index (χ1) is 15.2. The lowest BCUT2D eigenvalue weighted by atomic mass is 10.1. The molecule has 0 atom stereocenters. The molecule has 0 radical (unpaired) electrons. The molecule has 1 aromatic heterocycles. The molecule has 32 heavy (non-hydrogen) atoms. The largest absolute Gasteiger partial charge is 0.337 e. The minimum Gasteiger partial charge on any atom is -0.337 e. The molecule has 9 nitrogen and oxygen atoms in total. The summed E-state index contributed by atoms with van der Waals surface area (Å²) in [6.07, 6.45) is 5.34. The third-order valence-electron chi connectivity index (χ3n) is 4.38. The number of benzene rings is 2. The maximum absolute atomic E-state index is 12.6. The Balaban J connectivity index is 1.60. The topological polar surface area (TPSA) is 122 Å². The Kier molecular flexibility index (Phi) is 7.39. The van der Waals surface area contributed by atoms with Gasteiger partial charge in [0.05, 0.1) is 11.2 Å². The Hall–Kier alpha value is -3.50. The number of rotatable bonds is 9. The fourth-order valence-corrected chi connectivity index (χ4v) is 4.16. The molecular formula is C22H25N5O4S. The molecule has 0 unspecified atom stereocenters. The number of aryl methyl sites for hydroxylation is 1. The van der Waals surface area contributed by atoms with E-state index in [1.165, 1.54) is 24.3 Å². The van der Waals surface area contributed by atoms with Crippen molar-refractivity contribution in [3.8, 4) is 0 Å². The Bertz CT molecular complexity index is 1170. The molecule has 2 amide bonds. The van der Waals surface area contributed by atoms with Crippen LogP contribution in [0, 0.1) is 0 Å². The van der Waals surface area contributed by atoms with Gasteiger partial charge in [-0.05, 0) is 56.3 Å². The Morgan fingerprint density at radius 2 is 1.78 bits per heavy atom. The molecular weight excluding hydrogens is 430 g/mol. The van der Waals surface area contributed by atoms with Gasteiger partial charge < -0.3 is 15.2 Å². The smallest absolute Gasteiger partial charge is 0.255 e. The SMILES string of the molecule is CC(C)NS(=O)(=O)c1ccc(NC(=O)c2cccc(NC(=O)CCn3ccnc3)c2)cc1. The minimum absolute atomic E-state index is 0.115. The van der Waals surface area contributed by atoms with Gasteiger partial charge >= 0.3 is 0 Å². The van der Waals surface area contributed by atoms with E-state index in [2.05, 4.69) is 20.3 Å². The number of carbonyl (C=O) groups is 2. The van der Waals surface area contributed by atoms with Crippen LogP contribution in [0.2, 0.25) is 0 Å². The van der Waals surface area contributed by atoms with E-state index in [1.54, 1.807) is 61.4 Å². The van der Waals surface area contributed by atoms with Gasteiger partial charge in [0, 0.05) is 48.3 Å². The number of hydrogen-bond acceptors (Lipinski definition) is 5. The molecule has 3 N–H and O–H groups in total. The number of nitrogens with one attached hydrogen (secondary N) is 3. The highest BCUT2D eigenvalue weighted by Crippen LogP contribution is 2.17. The molecule has 1 heterocycles. The van der Waals surface area contributed by atoms with Crippen molar-refractivity contribution in [2.75, 3.05) is 10.6 Å². The lowest BCUT2D eigenvalue weighted by Gasteiger charge is -2.11. The predicted molar refractivity (Wildman–Crippen MR) is 122 cm³/mol. The Morgan fingerprint density at radius 3 is 2.44 bits per heavy atom. The summed E-state index contributed by atoms with van der Waals surface area (Å²) >= 11 is 0. The zero-order valence-electron chi connectivity index (χ0n) is 17.8. The van der Waals surface area contributed by atoms with Gasteiger partial charge in [-0.1, -0.05) is 6.07 Å². The van der Waals surface area contributed by atoms with Crippen LogP contribution in [0.1, 0.15) is 30.6 Å². The van der Waals surface area contributed by atoms with E-state index >= 15 is 0 Å². The monoisotopic (exact) mass is 455 g/mol. The van der Waals surface area contributed by atoms with Crippen LogP contribution in [0.15, 0.2) is 72.1 Å². The van der Waals surface area contributed by atoms with E-state index in [0.29, 0.717) is 23.5 Å². The lowest BCUT2D eigenvalue weighted by molar-refractivity contribution is -0.116. The average molecular weight is 456 g/mol. The summed E-state index contributed by atoms with van der Waals surface area (Å²) in [5.41, 5.74) is 1.32. The molecule has 0 spiro atoms. The number of imidazole rings is 1.